The van der Waals surface area contributed by atoms with Gasteiger partial charge in [0.15, 0.2) is 0 Å². The molecule has 0 bridgehead atoms. The van der Waals surface area contributed by atoms with Gasteiger partial charge in [0.1, 0.15) is 5.65 Å². The van der Waals surface area contributed by atoms with Gasteiger partial charge in [0.25, 0.3) is 5.56 Å². The zero-order chi connectivity index (χ0) is 23.8. The Hall–Kier alpha value is -2.88. The fraction of sp³-hybridized carbons (Fsp3) is 0.458. The Morgan fingerprint density at radius 2 is 2.00 bits per heavy atom. The van der Waals surface area contributed by atoms with Crippen LogP contribution < -0.4 is 16.2 Å². The van der Waals surface area contributed by atoms with Gasteiger partial charge < -0.3 is 20.4 Å². The first-order chi connectivity index (χ1) is 16.3. The van der Waals surface area contributed by atoms with Gasteiger partial charge in [0.2, 0.25) is 5.95 Å². The Labute approximate surface area is 201 Å². The van der Waals surface area contributed by atoms with Gasteiger partial charge in [-0.1, -0.05) is 17.7 Å². The molecule has 0 amide bonds. The molecule has 9 nitrogen and oxygen atoms in total. The number of nitrogens with zero attached hydrogens (tertiary/aromatic N) is 5. The Morgan fingerprint density at radius 3 is 2.71 bits per heavy atom. The van der Waals surface area contributed by atoms with E-state index < -0.39 is 0 Å². The van der Waals surface area contributed by atoms with E-state index in [1.54, 1.807) is 16.3 Å². The molecule has 10 heteroatoms. The average Bonchev–Trinajstić information content (AvgIpc) is 3.50. The van der Waals surface area contributed by atoms with Crippen molar-refractivity contribution in [1.82, 2.24) is 24.3 Å². The molecule has 2 aliphatic heterocycles. The number of fused-ring (bicyclic) bond motifs is 2. The molecule has 1 aromatic carbocycles. The number of halogens is 1. The van der Waals surface area contributed by atoms with E-state index in [0.29, 0.717) is 28.6 Å². The monoisotopic (exact) mass is 481 g/mol. The molecule has 3 aromatic heterocycles. The van der Waals surface area contributed by atoms with E-state index in [2.05, 4.69) is 15.0 Å². The van der Waals surface area contributed by atoms with Crippen LogP contribution in [0.1, 0.15) is 19.8 Å². The highest BCUT2D eigenvalue weighted by Crippen LogP contribution is 2.42. The van der Waals surface area contributed by atoms with Gasteiger partial charge in [-0.25, -0.2) is 0 Å². The molecular formula is C24H28ClN7O2. The number of aromatic amines is 1. The molecule has 34 heavy (non-hydrogen) atoms. The molecule has 2 atom stereocenters. The SMILES string of the molecule is C[C@@H]1OCC2(CCN(c3nc4[nH]cc(-c5ccc6nn(C)cc6c5Cl)c4c(=O)n3C)CC2)[C@@H]1N. The second-order valence-electron chi connectivity index (χ2n) is 9.76. The molecule has 5 heterocycles. The van der Waals surface area contributed by atoms with Crippen LogP contribution >= 0.6 is 11.6 Å². The Kier molecular flexibility index (Phi) is 4.81. The number of aromatic nitrogens is 5. The highest BCUT2D eigenvalue weighted by atomic mass is 35.5. The van der Waals surface area contributed by atoms with Crippen molar-refractivity contribution in [2.45, 2.75) is 31.9 Å². The third kappa shape index (κ3) is 3.03. The summed E-state index contributed by atoms with van der Waals surface area (Å²) in [5.74, 6) is 0.662. The lowest BCUT2D eigenvalue weighted by Crippen LogP contribution is -2.51. The highest BCUT2D eigenvalue weighted by molar-refractivity contribution is 6.38. The zero-order valence-electron chi connectivity index (χ0n) is 19.5. The van der Waals surface area contributed by atoms with Crippen molar-refractivity contribution < 1.29 is 4.74 Å². The highest BCUT2D eigenvalue weighted by Gasteiger charge is 2.47. The lowest BCUT2D eigenvalue weighted by atomic mass is 9.73. The predicted molar refractivity (Wildman–Crippen MR) is 133 cm³/mol. The quantitative estimate of drug-likeness (QED) is 0.456. The van der Waals surface area contributed by atoms with Crippen LogP contribution in [0.4, 0.5) is 5.95 Å². The fourth-order valence-electron chi connectivity index (χ4n) is 5.66. The molecule has 1 spiro atoms. The first kappa shape index (κ1) is 21.6. The molecule has 2 fully saturated rings. The lowest BCUT2D eigenvalue weighted by Gasteiger charge is -2.41. The van der Waals surface area contributed by atoms with Crippen LogP contribution in [0.15, 0.2) is 29.3 Å². The maximum absolute atomic E-state index is 13.5. The number of nitrogens with two attached hydrogens (primary N) is 1. The van der Waals surface area contributed by atoms with Crippen LogP contribution in [-0.4, -0.2) is 56.2 Å². The molecule has 3 N–H and O–H groups in total. The maximum Gasteiger partial charge on any atom is 0.264 e. The van der Waals surface area contributed by atoms with E-state index in [9.17, 15) is 4.79 Å². The maximum atomic E-state index is 13.5. The number of hydrogen-bond donors (Lipinski definition) is 2. The van der Waals surface area contributed by atoms with Crippen molar-refractivity contribution in [2.24, 2.45) is 25.2 Å². The summed E-state index contributed by atoms with van der Waals surface area (Å²) in [4.78, 5) is 23.8. The van der Waals surface area contributed by atoms with Crippen molar-refractivity contribution in [3.8, 4) is 11.1 Å². The van der Waals surface area contributed by atoms with Crippen LogP contribution in [0.5, 0.6) is 0 Å². The molecule has 0 radical (unpaired) electrons. The molecule has 2 aliphatic rings. The third-order valence-electron chi connectivity index (χ3n) is 7.81. The van der Waals surface area contributed by atoms with E-state index in [4.69, 9.17) is 27.1 Å². The first-order valence-corrected chi connectivity index (χ1v) is 12.0. The number of benzene rings is 1. The fourth-order valence-corrected chi connectivity index (χ4v) is 5.97. The van der Waals surface area contributed by atoms with Gasteiger partial charge in [0.05, 0.1) is 28.6 Å². The minimum absolute atomic E-state index is 0.0141. The van der Waals surface area contributed by atoms with E-state index >= 15 is 0 Å². The van der Waals surface area contributed by atoms with Crippen LogP contribution in [0.2, 0.25) is 5.02 Å². The standard InChI is InChI=1S/C24H28ClN7O2/c1-13-20(26)24(12-34-13)6-8-32(9-7-24)23-28-21-18(22(33)31(23)3)15(10-27-21)14-4-5-17-16(19(14)25)11-30(2)29-17/h4-5,10-11,13,20,27H,6-9,12,26H2,1-3H3/t13-,20+/m0/s1. The van der Waals surface area contributed by atoms with E-state index in [1.165, 1.54) is 0 Å². The summed E-state index contributed by atoms with van der Waals surface area (Å²) in [5.41, 5.74) is 9.28. The number of ether oxygens (including phenoxy) is 1. The number of anilines is 1. The summed E-state index contributed by atoms with van der Waals surface area (Å²) in [6.45, 7) is 4.32. The number of rotatable bonds is 2. The lowest BCUT2D eigenvalue weighted by molar-refractivity contribution is 0.0973. The molecule has 2 saturated heterocycles. The number of hydrogen-bond acceptors (Lipinski definition) is 6. The summed E-state index contributed by atoms with van der Waals surface area (Å²) >= 11 is 6.75. The van der Waals surface area contributed by atoms with Crippen LogP contribution in [-0.2, 0) is 18.8 Å². The Morgan fingerprint density at radius 1 is 1.24 bits per heavy atom. The van der Waals surface area contributed by atoms with Gasteiger partial charge in [-0.3, -0.25) is 14.0 Å². The third-order valence-corrected chi connectivity index (χ3v) is 8.21. The van der Waals surface area contributed by atoms with Gasteiger partial charge in [-0.15, -0.1) is 0 Å². The molecule has 4 aromatic rings. The molecule has 0 saturated carbocycles. The Bertz CT molecular complexity index is 1480. The van der Waals surface area contributed by atoms with Crippen molar-refractivity contribution in [3.63, 3.8) is 0 Å². The molecule has 0 unspecified atom stereocenters. The first-order valence-electron chi connectivity index (χ1n) is 11.6. The van der Waals surface area contributed by atoms with Crippen LogP contribution in [0.25, 0.3) is 33.1 Å². The summed E-state index contributed by atoms with van der Waals surface area (Å²) in [7, 11) is 3.64. The zero-order valence-corrected chi connectivity index (χ0v) is 20.3. The minimum Gasteiger partial charge on any atom is -0.376 e. The minimum atomic E-state index is -0.103. The van der Waals surface area contributed by atoms with Crippen LogP contribution in [0.3, 0.4) is 0 Å². The average molecular weight is 482 g/mol. The molecular weight excluding hydrogens is 454 g/mol. The molecule has 0 aliphatic carbocycles. The smallest absolute Gasteiger partial charge is 0.264 e. The second kappa shape index (κ2) is 7.56. The van der Waals surface area contributed by atoms with E-state index in [-0.39, 0.29) is 23.1 Å². The van der Waals surface area contributed by atoms with E-state index in [0.717, 1.165) is 48.0 Å². The number of nitrogens with one attached hydrogen (secondary N) is 1. The Balaban J connectivity index is 1.38. The summed E-state index contributed by atoms with van der Waals surface area (Å²) in [6.07, 6.45) is 5.62. The van der Waals surface area contributed by atoms with Crippen molar-refractivity contribution in [3.05, 3.63) is 39.9 Å². The molecule has 178 valence electrons. The number of piperidine rings is 1. The summed E-state index contributed by atoms with van der Waals surface area (Å²) in [6, 6.07) is 3.87. The van der Waals surface area contributed by atoms with Gasteiger partial charge >= 0.3 is 0 Å². The number of aryl methyl sites for hydroxylation is 1. The van der Waals surface area contributed by atoms with Crippen molar-refractivity contribution in [2.75, 3.05) is 24.6 Å². The van der Waals surface area contributed by atoms with Crippen molar-refractivity contribution >= 4 is 39.5 Å². The largest absolute Gasteiger partial charge is 0.376 e. The topological polar surface area (TPSA) is 107 Å². The van der Waals surface area contributed by atoms with Crippen LogP contribution in [0, 0.1) is 5.41 Å². The van der Waals surface area contributed by atoms with Gasteiger partial charge in [-0.05, 0) is 25.8 Å². The summed E-state index contributed by atoms with van der Waals surface area (Å²) < 4.78 is 9.22. The van der Waals surface area contributed by atoms with Crippen molar-refractivity contribution in [1.29, 1.82) is 0 Å². The van der Waals surface area contributed by atoms with Gasteiger partial charge in [0, 0.05) is 67.5 Å². The normalized spacial score (nSPS) is 22.4. The summed E-state index contributed by atoms with van der Waals surface area (Å²) in [5, 5.41) is 6.37. The number of H-pyrrole nitrogens is 1. The van der Waals surface area contributed by atoms with E-state index in [1.807, 2.05) is 38.5 Å². The predicted octanol–water partition coefficient (Wildman–Crippen LogP) is 2.80. The molecule has 6 rings (SSSR count). The second-order valence-corrected chi connectivity index (χ2v) is 10.1. The van der Waals surface area contributed by atoms with Gasteiger partial charge in [-0.2, -0.15) is 10.1 Å².